The summed E-state index contributed by atoms with van der Waals surface area (Å²) in [6.07, 6.45) is 3.70. The van der Waals surface area contributed by atoms with Gasteiger partial charge in [0.05, 0.1) is 13.2 Å². The number of nitrogens with one attached hydrogen (secondary N) is 2. The number of alkyl carbamates (subject to hydrolysis) is 1. The van der Waals surface area contributed by atoms with Crippen molar-refractivity contribution in [2.24, 2.45) is 0 Å². The molecule has 23 heavy (non-hydrogen) atoms. The monoisotopic (exact) mass is 332 g/mol. The van der Waals surface area contributed by atoms with Crippen LogP contribution in [-0.4, -0.2) is 57.8 Å². The predicted octanol–water partition coefficient (Wildman–Crippen LogP) is 2.71. The summed E-state index contributed by atoms with van der Waals surface area (Å²) >= 11 is 0. The SMILES string of the molecule is CCCCOCCNC(CCCNC(=O)OC(C)(C)C)COC. The fourth-order valence-electron chi connectivity index (χ4n) is 1.98. The molecule has 0 aliphatic heterocycles. The smallest absolute Gasteiger partial charge is 0.407 e. The van der Waals surface area contributed by atoms with Gasteiger partial charge in [-0.3, -0.25) is 0 Å². The number of carbonyl (C=O) groups is 1. The Morgan fingerprint density at radius 3 is 2.48 bits per heavy atom. The Morgan fingerprint density at radius 2 is 1.87 bits per heavy atom. The molecule has 0 aliphatic rings. The maximum absolute atomic E-state index is 11.5. The minimum absolute atomic E-state index is 0.273. The highest BCUT2D eigenvalue weighted by Crippen LogP contribution is 2.06. The molecule has 0 aromatic heterocycles. The van der Waals surface area contributed by atoms with E-state index >= 15 is 0 Å². The van der Waals surface area contributed by atoms with E-state index in [0.717, 1.165) is 45.4 Å². The Morgan fingerprint density at radius 1 is 1.13 bits per heavy atom. The summed E-state index contributed by atoms with van der Waals surface area (Å²) < 4.78 is 16.0. The number of methoxy groups -OCH3 is 1. The van der Waals surface area contributed by atoms with Crippen molar-refractivity contribution in [3.63, 3.8) is 0 Å². The second kappa shape index (κ2) is 13.6. The van der Waals surface area contributed by atoms with Crippen LogP contribution in [0.5, 0.6) is 0 Å². The third-order valence-corrected chi connectivity index (χ3v) is 3.09. The van der Waals surface area contributed by atoms with E-state index in [-0.39, 0.29) is 12.1 Å². The highest BCUT2D eigenvalue weighted by Gasteiger charge is 2.15. The molecule has 1 unspecified atom stereocenters. The van der Waals surface area contributed by atoms with Crippen LogP contribution in [0.15, 0.2) is 0 Å². The molecule has 0 saturated carbocycles. The van der Waals surface area contributed by atoms with Gasteiger partial charge in [-0.25, -0.2) is 4.79 Å². The van der Waals surface area contributed by atoms with E-state index in [2.05, 4.69) is 17.6 Å². The molecule has 0 bridgehead atoms. The van der Waals surface area contributed by atoms with Crippen molar-refractivity contribution in [1.29, 1.82) is 0 Å². The van der Waals surface area contributed by atoms with Crippen molar-refractivity contribution in [2.45, 2.75) is 65.0 Å². The molecular formula is C17H36N2O4. The summed E-state index contributed by atoms with van der Waals surface area (Å²) in [6, 6.07) is 0.273. The normalized spacial score (nSPS) is 12.9. The molecule has 0 saturated heterocycles. The van der Waals surface area contributed by atoms with E-state index in [1.54, 1.807) is 7.11 Å². The molecule has 2 N–H and O–H groups in total. The molecule has 0 aromatic rings. The number of hydrogen-bond donors (Lipinski definition) is 2. The second-order valence-corrected chi connectivity index (χ2v) is 6.64. The number of amides is 1. The number of rotatable bonds is 13. The van der Waals surface area contributed by atoms with E-state index in [9.17, 15) is 4.79 Å². The van der Waals surface area contributed by atoms with Gasteiger partial charge in [0.1, 0.15) is 5.60 Å². The first kappa shape index (κ1) is 22.1. The Hall–Kier alpha value is -0.850. The molecule has 0 heterocycles. The summed E-state index contributed by atoms with van der Waals surface area (Å²) in [7, 11) is 1.70. The van der Waals surface area contributed by atoms with Crippen molar-refractivity contribution >= 4 is 6.09 Å². The van der Waals surface area contributed by atoms with Gasteiger partial charge in [0.2, 0.25) is 0 Å². The molecular weight excluding hydrogens is 296 g/mol. The molecule has 1 atom stereocenters. The standard InChI is InChI=1S/C17H36N2O4/c1-6-7-12-22-13-11-18-15(14-21-5)9-8-10-19-16(20)23-17(2,3)4/h15,18H,6-14H2,1-5H3,(H,19,20). The average molecular weight is 332 g/mol. The van der Waals surface area contributed by atoms with Crippen LogP contribution in [0.1, 0.15) is 53.4 Å². The van der Waals surface area contributed by atoms with Gasteiger partial charge in [-0.2, -0.15) is 0 Å². The predicted molar refractivity (Wildman–Crippen MR) is 92.9 cm³/mol. The minimum Gasteiger partial charge on any atom is -0.444 e. The van der Waals surface area contributed by atoms with Crippen LogP contribution >= 0.6 is 0 Å². The third kappa shape index (κ3) is 15.8. The van der Waals surface area contributed by atoms with Gasteiger partial charge >= 0.3 is 6.09 Å². The van der Waals surface area contributed by atoms with Gasteiger partial charge in [-0.15, -0.1) is 0 Å². The summed E-state index contributed by atoms with van der Waals surface area (Å²) in [4.78, 5) is 11.5. The molecule has 0 radical (unpaired) electrons. The molecule has 1 amide bonds. The lowest BCUT2D eigenvalue weighted by molar-refractivity contribution is 0.0526. The maximum atomic E-state index is 11.5. The summed E-state index contributed by atoms with van der Waals surface area (Å²) in [5.41, 5.74) is -0.456. The lowest BCUT2D eigenvalue weighted by Crippen LogP contribution is -2.37. The molecule has 6 nitrogen and oxygen atoms in total. The van der Waals surface area contributed by atoms with Crippen LogP contribution in [0.2, 0.25) is 0 Å². The number of ether oxygens (including phenoxy) is 3. The van der Waals surface area contributed by atoms with Crippen LogP contribution in [0.4, 0.5) is 4.79 Å². The van der Waals surface area contributed by atoms with Gasteiger partial charge in [-0.1, -0.05) is 13.3 Å². The summed E-state index contributed by atoms with van der Waals surface area (Å²) in [5, 5.41) is 6.20. The van der Waals surface area contributed by atoms with E-state index in [1.165, 1.54) is 0 Å². The first-order chi connectivity index (χ1) is 10.9. The highest BCUT2D eigenvalue weighted by atomic mass is 16.6. The van der Waals surface area contributed by atoms with Gasteiger partial charge in [0, 0.05) is 32.8 Å². The largest absolute Gasteiger partial charge is 0.444 e. The average Bonchev–Trinajstić information content (AvgIpc) is 2.45. The van der Waals surface area contributed by atoms with Crippen LogP contribution in [0.25, 0.3) is 0 Å². The van der Waals surface area contributed by atoms with E-state index in [0.29, 0.717) is 13.2 Å². The zero-order valence-electron chi connectivity index (χ0n) is 15.6. The summed E-state index contributed by atoms with van der Waals surface area (Å²) in [6.45, 7) is 11.3. The number of hydrogen-bond acceptors (Lipinski definition) is 5. The molecule has 6 heteroatoms. The minimum atomic E-state index is -0.456. The van der Waals surface area contributed by atoms with Crippen LogP contribution in [0.3, 0.4) is 0 Å². The number of unbranched alkanes of at least 4 members (excludes halogenated alkanes) is 1. The van der Waals surface area contributed by atoms with Gasteiger partial charge in [-0.05, 0) is 40.0 Å². The Bertz CT molecular complexity index is 293. The van der Waals surface area contributed by atoms with Crippen molar-refractivity contribution in [1.82, 2.24) is 10.6 Å². The molecule has 0 aliphatic carbocycles. The fraction of sp³-hybridized carbons (Fsp3) is 0.941. The van der Waals surface area contributed by atoms with Gasteiger partial charge in [0.15, 0.2) is 0 Å². The number of carbonyl (C=O) groups excluding carboxylic acids is 1. The molecule has 0 fully saturated rings. The maximum Gasteiger partial charge on any atom is 0.407 e. The van der Waals surface area contributed by atoms with E-state index < -0.39 is 5.60 Å². The van der Waals surface area contributed by atoms with E-state index in [4.69, 9.17) is 14.2 Å². The molecule has 0 rings (SSSR count). The zero-order chi connectivity index (χ0) is 17.6. The zero-order valence-corrected chi connectivity index (χ0v) is 15.6. The highest BCUT2D eigenvalue weighted by molar-refractivity contribution is 5.67. The Kier molecular flexibility index (Phi) is 13.1. The van der Waals surface area contributed by atoms with Crippen molar-refractivity contribution in [2.75, 3.05) is 40.0 Å². The van der Waals surface area contributed by atoms with Crippen molar-refractivity contribution in [3.05, 3.63) is 0 Å². The van der Waals surface area contributed by atoms with Gasteiger partial charge < -0.3 is 24.8 Å². The molecule has 138 valence electrons. The topological polar surface area (TPSA) is 68.8 Å². The van der Waals surface area contributed by atoms with Crippen LogP contribution in [0, 0.1) is 0 Å². The Labute approximate surface area is 141 Å². The van der Waals surface area contributed by atoms with Gasteiger partial charge in [0.25, 0.3) is 0 Å². The summed E-state index contributed by atoms with van der Waals surface area (Å²) in [5.74, 6) is 0. The third-order valence-electron chi connectivity index (χ3n) is 3.09. The van der Waals surface area contributed by atoms with E-state index in [1.807, 2.05) is 20.8 Å². The molecule has 0 spiro atoms. The Balaban J connectivity index is 3.73. The quantitative estimate of drug-likeness (QED) is 0.508. The first-order valence-corrected chi connectivity index (χ1v) is 8.66. The second-order valence-electron chi connectivity index (χ2n) is 6.64. The van der Waals surface area contributed by atoms with Crippen molar-refractivity contribution < 1.29 is 19.0 Å². The van der Waals surface area contributed by atoms with Crippen molar-refractivity contribution in [3.8, 4) is 0 Å². The fourth-order valence-corrected chi connectivity index (χ4v) is 1.98. The lowest BCUT2D eigenvalue weighted by Gasteiger charge is -2.20. The molecule has 0 aromatic carbocycles. The van der Waals surface area contributed by atoms with Crippen LogP contribution < -0.4 is 10.6 Å². The lowest BCUT2D eigenvalue weighted by atomic mass is 10.1. The van der Waals surface area contributed by atoms with Crippen LogP contribution in [-0.2, 0) is 14.2 Å². The first-order valence-electron chi connectivity index (χ1n) is 8.66.